The van der Waals surface area contributed by atoms with Crippen molar-refractivity contribution in [1.82, 2.24) is 4.90 Å². The number of carbonyl (C=O) groups excluding carboxylic acids is 2. The standard InChI is InChI=1S/C16H22N2O2/c1-12-5-6-13(2)15(8-12)17-16(20)10-18-7-3-4-14(9-18)11-19/h5-6,8,11,14H,3-4,7,9-10H2,1-2H3,(H,17,20). The average molecular weight is 274 g/mol. The zero-order chi connectivity index (χ0) is 14.5. The fourth-order valence-corrected chi connectivity index (χ4v) is 2.61. The quantitative estimate of drug-likeness (QED) is 0.856. The number of benzene rings is 1. The number of piperidine rings is 1. The summed E-state index contributed by atoms with van der Waals surface area (Å²) in [6, 6.07) is 6.02. The summed E-state index contributed by atoms with van der Waals surface area (Å²) in [5.41, 5.74) is 3.07. The van der Waals surface area contributed by atoms with Crippen LogP contribution in [0.3, 0.4) is 0 Å². The molecule has 1 saturated heterocycles. The molecule has 1 aromatic rings. The lowest BCUT2D eigenvalue weighted by Crippen LogP contribution is -2.40. The third-order valence-corrected chi connectivity index (χ3v) is 3.77. The van der Waals surface area contributed by atoms with E-state index in [-0.39, 0.29) is 11.8 Å². The van der Waals surface area contributed by atoms with Crippen LogP contribution in [0.1, 0.15) is 24.0 Å². The van der Waals surface area contributed by atoms with Crippen molar-refractivity contribution in [2.75, 3.05) is 25.0 Å². The van der Waals surface area contributed by atoms with E-state index in [1.54, 1.807) is 0 Å². The molecular formula is C16H22N2O2. The number of hydrogen-bond acceptors (Lipinski definition) is 3. The largest absolute Gasteiger partial charge is 0.325 e. The first-order chi connectivity index (χ1) is 9.58. The van der Waals surface area contributed by atoms with Crippen LogP contribution in [0.2, 0.25) is 0 Å². The normalized spacial score (nSPS) is 19.6. The lowest BCUT2D eigenvalue weighted by Gasteiger charge is -2.29. The number of likely N-dealkylation sites (tertiary alicyclic amines) is 1. The SMILES string of the molecule is Cc1ccc(C)c(NC(=O)CN2CCCC(C=O)C2)c1. The molecule has 1 amide bonds. The van der Waals surface area contributed by atoms with E-state index in [9.17, 15) is 9.59 Å². The van der Waals surface area contributed by atoms with Crippen molar-refractivity contribution in [3.05, 3.63) is 29.3 Å². The molecule has 0 aliphatic carbocycles. The second-order valence-corrected chi connectivity index (χ2v) is 5.64. The van der Waals surface area contributed by atoms with Gasteiger partial charge in [0.25, 0.3) is 0 Å². The molecule has 1 aliphatic heterocycles. The Kier molecular flexibility index (Phi) is 4.90. The van der Waals surface area contributed by atoms with Crippen LogP contribution >= 0.6 is 0 Å². The number of carbonyl (C=O) groups is 2. The van der Waals surface area contributed by atoms with E-state index in [2.05, 4.69) is 10.2 Å². The van der Waals surface area contributed by atoms with Crippen molar-refractivity contribution in [3.63, 3.8) is 0 Å². The molecule has 1 aliphatic rings. The maximum Gasteiger partial charge on any atom is 0.238 e. The van der Waals surface area contributed by atoms with Crippen molar-refractivity contribution in [3.8, 4) is 0 Å². The maximum absolute atomic E-state index is 12.1. The van der Waals surface area contributed by atoms with Gasteiger partial charge in [-0.2, -0.15) is 0 Å². The molecule has 1 fully saturated rings. The van der Waals surface area contributed by atoms with Crippen LogP contribution in [0.4, 0.5) is 5.69 Å². The highest BCUT2D eigenvalue weighted by atomic mass is 16.2. The van der Waals surface area contributed by atoms with E-state index >= 15 is 0 Å². The van der Waals surface area contributed by atoms with Crippen molar-refractivity contribution in [2.45, 2.75) is 26.7 Å². The highest BCUT2D eigenvalue weighted by molar-refractivity contribution is 5.93. The molecule has 1 atom stereocenters. The second kappa shape index (κ2) is 6.66. The van der Waals surface area contributed by atoms with E-state index < -0.39 is 0 Å². The third kappa shape index (κ3) is 3.90. The summed E-state index contributed by atoms with van der Waals surface area (Å²) in [7, 11) is 0. The molecule has 1 unspecified atom stereocenters. The molecule has 0 aromatic heterocycles. The van der Waals surface area contributed by atoms with Gasteiger partial charge in [-0.25, -0.2) is 0 Å². The lowest BCUT2D eigenvalue weighted by molar-refractivity contribution is -0.119. The van der Waals surface area contributed by atoms with Gasteiger partial charge in [0.2, 0.25) is 5.91 Å². The Labute approximate surface area is 120 Å². The van der Waals surface area contributed by atoms with Crippen LogP contribution in [0, 0.1) is 19.8 Å². The Morgan fingerprint density at radius 1 is 1.45 bits per heavy atom. The van der Waals surface area contributed by atoms with Gasteiger partial charge >= 0.3 is 0 Å². The number of aryl methyl sites for hydroxylation is 2. The molecule has 0 spiro atoms. The molecule has 20 heavy (non-hydrogen) atoms. The number of aldehydes is 1. The zero-order valence-corrected chi connectivity index (χ0v) is 12.2. The fourth-order valence-electron chi connectivity index (χ4n) is 2.61. The molecule has 0 radical (unpaired) electrons. The molecule has 0 saturated carbocycles. The van der Waals surface area contributed by atoms with Crippen molar-refractivity contribution >= 4 is 17.9 Å². The predicted molar refractivity (Wildman–Crippen MR) is 79.8 cm³/mol. The predicted octanol–water partition coefficient (Wildman–Crippen LogP) is 2.15. The molecule has 1 N–H and O–H groups in total. The van der Waals surface area contributed by atoms with Gasteiger partial charge < -0.3 is 10.1 Å². The van der Waals surface area contributed by atoms with Crippen LogP contribution < -0.4 is 5.32 Å². The Bertz CT molecular complexity index is 499. The van der Waals surface area contributed by atoms with Crippen LogP contribution in [0.25, 0.3) is 0 Å². The van der Waals surface area contributed by atoms with Crippen molar-refractivity contribution in [1.29, 1.82) is 0 Å². The summed E-state index contributed by atoms with van der Waals surface area (Å²) in [6.07, 6.45) is 2.94. The summed E-state index contributed by atoms with van der Waals surface area (Å²) < 4.78 is 0. The molecule has 0 bridgehead atoms. The van der Waals surface area contributed by atoms with Gasteiger partial charge in [-0.15, -0.1) is 0 Å². The molecule has 1 heterocycles. The minimum atomic E-state index is -0.00903. The van der Waals surface area contributed by atoms with Crippen LogP contribution in [-0.4, -0.2) is 36.7 Å². The smallest absolute Gasteiger partial charge is 0.238 e. The molecule has 2 rings (SSSR count). The number of amides is 1. The lowest BCUT2D eigenvalue weighted by atomic mass is 10.00. The Morgan fingerprint density at radius 2 is 2.25 bits per heavy atom. The van der Waals surface area contributed by atoms with E-state index in [0.717, 1.165) is 42.5 Å². The molecular weight excluding hydrogens is 252 g/mol. The molecule has 108 valence electrons. The van der Waals surface area contributed by atoms with Gasteiger partial charge in [-0.1, -0.05) is 12.1 Å². The first kappa shape index (κ1) is 14.7. The highest BCUT2D eigenvalue weighted by Gasteiger charge is 2.21. The summed E-state index contributed by atoms with van der Waals surface area (Å²) in [5.74, 6) is 0.0718. The van der Waals surface area contributed by atoms with Crippen molar-refractivity contribution in [2.24, 2.45) is 5.92 Å². The number of nitrogens with zero attached hydrogens (tertiary/aromatic N) is 1. The summed E-state index contributed by atoms with van der Waals surface area (Å²) in [4.78, 5) is 25.0. The zero-order valence-electron chi connectivity index (χ0n) is 12.2. The Balaban J connectivity index is 1.92. The minimum Gasteiger partial charge on any atom is -0.325 e. The molecule has 4 nitrogen and oxygen atoms in total. The topological polar surface area (TPSA) is 49.4 Å². The summed E-state index contributed by atoms with van der Waals surface area (Å²) in [6.45, 7) is 5.94. The van der Waals surface area contributed by atoms with E-state index in [1.807, 2.05) is 32.0 Å². The first-order valence-corrected chi connectivity index (χ1v) is 7.13. The summed E-state index contributed by atoms with van der Waals surface area (Å²) in [5, 5.41) is 2.96. The maximum atomic E-state index is 12.1. The van der Waals surface area contributed by atoms with E-state index in [0.29, 0.717) is 13.1 Å². The fraction of sp³-hybridized carbons (Fsp3) is 0.500. The molecule has 1 aromatic carbocycles. The molecule has 4 heteroatoms. The number of nitrogens with one attached hydrogen (secondary N) is 1. The van der Waals surface area contributed by atoms with Crippen LogP contribution in [0.5, 0.6) is 0 Å². The summed E-state index contributed by atoms with van der Waals surface area (Å²) >= 11 is 0. The van der Waals surface area contributed by atoms with Gasteiger partial charge in [0, 0.05) is 18.2 Å². The van der Waals surface area contributed by atoms with E-state index in [4.69, 9.17) is 0 Å². The van der Waals surface area contributed by atoms with Gasteiger partial charge in [0.15, 0.2) is 0 Å². The number of hydrogen-bond donors (Lipinski definition) is 1. The number of rotatable bonds is 4. The highest BCUT2D eigenvalue weighted by Crippen LogP contribution is 2.17. The Morgan fingerprint density at radius 3 is 3.00 bits per heavy atom. The average Bonchev–Trinajstić information content (AvgIpc) is 2.43. The number of anilines is 1. The van der Waals surface area contributed by atoms with Crippen LogP contribution in [0.15, 0.2) is 18.2 Å². The second-order valence-electron chi connectivity index (χ2n) is 5.64. The van der Waals surface area contributed by atoms with Gasteiger partial charge in [0.05, 0.1) is 6.54 Å². The Hall–Kier alpha value is -1.68. The minimum absolute atomic E-state index is 0.00903. The van der Waals surface area contributed by atoms with Crippen molar-refractivity contribution < 1.29 is 9.59 Å². The van der Waals surface area contributed by atoms with Crippen LogP contribution in [-0.2, 0) is 9.59 Å². The van der Waals surface area contributed by atoms with E-state index in [1.165, 1.54) is 0 Å². The van der Waals surface area contributed by atoms with Gasteiger partial charge in [-0.3, -0.25) is 9.69 Å². The first-order valence-electron chi connectivity index (χ1n) is 7.13. The van der Waals surface area contributed by atoms with Gasteiger partial charge in [-0.05, 0) is 50.4 Å². The third-order valence-electron chi connectivity index (χ3n) is 3.77. The van der Waals surface area contributed by atoms with Gasteiger partial charge in [0.1, 0.15) is 6.29 Å². The monoisotopic (exact) mass is 274 g/mol.